The maximum atomic E-state index is 9.67. The molecular formula is C22H28N6O2Zn. The normalized spacial score (nSPS) is 19.9. The Bertz CT molecular complexity index is 860. The van der Waals surface area contributed by atoms with Crippen LogP contribution in [0.15, 0.2) is 58.5 Å². The predicted octanol–water partition coefficient (Wildman–Crippen LogP) is 4.86. The number of benzene rings is 2. The van der Waals surface area contributed by atoms with Crippen molar-refractivity contribution < 1.29 is 29.7 Å². The maximum absolute atomic E-state index is 9.67. The fourth-order valence-electron chi connectivity index (χ4n) is 3.27. The van der Waals surface area contributed by atoms with Gasteiger partial charge in [-0.15, -0.1) is 0 Å². The smallest absolute Gasteiger partial charge is 0.541 e. The summed E-state index contributed by atoms with van der Waals surface area (Å²) in [5.41, 5.74) is 10.3. The molecule has 4 rings (SSSR count). The Balaban J connectivity index is 0.000000213. The van der Waals surface area contributed by atoms with Gasteiger partial charge in [-0.2, -0.15) is 0 Å². The largest absolute Gasteiger partial charge is 2.00 e. The van der Waals surface area contributed by atoms with E-state index in [-0.39, 0.29) is 43.3 Å². The summed E-state index contributed by atoms with van der Waals surface area (Å²) in [6, 6.07) is 14.4. The molecule has 2 unspecified atom stereocenters. The van der Waals surface area contributed by atoms with E-state index in [1.807, 2.05) is 62.0 Å². The van der Waals surface area contributed by atoms with Gasteiger partial charge in [0.2, 0.25) is 0 Å². The van der Waals surface area contributed by atoms with E-state index in [1.54, 1.807) is 24.3 Å². The van der Waals surface area contributed by atoms with Gasteiger partial charge in [0, 0.05) is 12.3 Å². The summed E-state index contributed by atoms with van der Waals surface area (Å²) in [4.78, 5) is 8.78. The van der Waals surface area contributed by atoms with Crippen LogP contribution in [0.2, 0.25) is 0 Å². The standard InChI is InChI=1S/2C11H14N3O.Zn/c2*1-3-14-8(2)12-11(13-14)9-6-4-5-7-10(9)15;/h2*4-7,11,15H,3H2,1-2H3;/q2*-1;+2. The average Bonchev–Trinajstić information content (AvgIpc) is 3.31. The molecule has 0 radical (unpaired) electrons. The Morgan fingerprint density at radius 3 is 1.39 bits per heavy atom. The van der Waals surface area contributed by atoms with E-state index >= 15 is 0 Å². The molecule has 0 bridgehead atoms. The summed E-state index contributed by atoms with van der Waals surface area (Å²) in [7, 11) is 0. The monoisotopic (exact) mass is 472 g/mol. The van der Waals surface area contributed by atoms with Crippen LogP contribution in [0.3, 0.4) is 0 Å². The number of aromatic hydroxyl groups is 2. The minimum absolute atomic E-state index is 0. The van der Waals surface area contributed by atoms with Gasteiger partial charge in [0.1, 0.15) is 11.5 Å². The molecule has 0 amide bonds. The number of phenolic OH excluding ortho intramolecular Hbond substituents is 2. The van der Waals surface area contributed by atoms with Crippen LogP contribution in [-0.2, 0) is 19.5 Å². The van der Waals surface area contributed by atoms with E-state index in [0.717, 1.165) is 35.9 Å². The number of para-hydroxylation sites is 2. The van der Waals surface area contributed by atoms with Gasteiger partial charge in [-0.1, -0.05) is 36.4 Å². The molecule has 2 atom stereocenters. The molecule has 2 aliphatic rings. The van der Waals surface area contributed by atoms with E-state index < -0.39 is 0 Å². The Kier molecular flexibility index (Phi) is 8.98. The molecule has 0 aromatic heterocycles. The minimum Gasteiger partial charge on any atom is -0.541 e. The minimum atomic E-state index is -0.286. The first kappa shape index (κ1) is 24.8. The third kappa shape index (κ3) is 5.82. The zero-order chi connectivity index (χ0) is 21.7. The second kappa shape index (κ2) is 11.2. The quantitative estimate of drug-likeness (QED) is 0.619. The van der Waals surface area contributed by atoms with E-state index in [9.17, 15) is 10.2 Å². The Morgan fingerprint density at radius 2 is 1.10 bits per heavy atom. The van der Waals surface area contributed by atoms with Gasteiger partial charge in [-0.05, 0) is 64.0 Å². The van der Waals surface area contributed by atoms with E-state index in [1.165, 1.54) is 0 Å². The fourth-order valence-corrected chi connectivity index (χ4v) is 3.27. The number of rotatable bonds is 4. The molecule has 0 aliphatic carbocycles. The number of hydrogen-bond donors (Lipinski definition) is 2. The SMILES string of the molecule is CCN1[N-]C(c2ccccc2O)N=C1C.CCN1[N-]C(c2ccccc2O)N=C1C.[Zn+2]. The molecule has 31 heavy (non-hydrogen) atoms. The molecule has 2 aliphatic heterocycles. The third-order valence-corrected chi connectivity index (χ3v) is 4.89. The molecule has 8 nitrogen and oxygen atoms in total. The van der Waals surface area contributed by atoms with Crippen LogP contribution < -0.4 is 0 Å². The number of amidine groups is 2. The van der Waals surface area contributed by atoms with Crippen molar-refractivity contribution in [1.29, 1.82) is 0 Å². The molecule has 0 saturated heterocycles. The number of phenols is 2. The second-order valence-corrected chi connectivity index (χ2v) is 6.88. The molecule has 0 fully saturated rings. The van der Waals surface area contributed by atoms with Crippen molar-refractivity contribution >= 4 is 11.7 Å². The molecule has 0 spiro atoms. The molecular weight excluding hydrogens is 446 g/mol. The Labute approximate surface area is 196 Å². The van der Waals surface area contributed by atoms with Crippen molar-refractivity contribution in [3.63, 3.8) is 0 Å². The molecule has 2 aromatic rings. The fraction of sp³-hybridized carbons (Fsp3) is 0.364. The molecule has 2 N–H and O–H groups in total. The number of hydrogen-bond acceptors (Lipinski definition) is 6. The molecule has 160 valence electrons. The van der Waals surface area contributed by atoms with Crippen molar-refractivity contribution in [2.24, 2.45) is 9.98 Å². The third-order valence-electron chi connectivity index (χ3n) is 4.89. The van der Waals surface area contributed by atoms with Crippen LogP contribution in [0.4, 0.5) is 0 Å². The van der Waals surface area contributed by atoms with Crippen LogP contribution in [0.25, 0.3) is 10.9 Å². The van der Waals surface area contributed by atoms with Crippen molar-refractivity contribution in [3.8, 4) is 11.5 Å². The van der Waals surface area contributed by atoms with Crippen LogP contribution in [0.5, 0.6) is 11.5 Å². The van der Waals surface area contributed by atoms with Crippen LogP contribution in [0.1, 0.15) is 51.2 Å². The molecule has 0 saturated carbocycles. The molecule has 2 aromatic carbocycles. The average molecular weight is 474 g/mol. The predicted molar refractivity (Wildman–Crippen MR) is 119 cm³/mol. The van der Waals surface area contributed by atoms with Crippen LogP contribution in [-0.4, -0.2) is 45.0 Å². The van der Waals surface area contributed by atoms with Crippen LogP contribution >= 0.6 is 0 Å². The van der Waals surface area contributed by atoms with Gasteiger partial charge in [0.25, 0.3) is 0 Å². The van der Waals surface area contributed by atoms with E-state index in [2.05, 4.69) is 20.8 Å². The van der Waals surface area contributed by atoms with Crippen molar-refractivity contribution in [2.45, 2.75) is 40.0 Å². The topological polar surface area (TPSA) is 99.9 Å². The Hall–Kier alpha value is -2.48. The summed E-state index contributed by atoms with van der Waals surface area (Å²) in [6.07, 6.45) is -0.572. The first-order valence-corrected chi connectivity index (χ1v) is 10.1. The summed E-state index contributed by atoms with van der Waals surface area (Å²) < 4.78 is 0. The van der Waals surface area contributed by atoms with Gasteiger partial charge >= 0.3 is 19.5 Å². The molecule has 9 heteroatoms. The Morgan fingerprint density at radius 1 is 0.742 bits per heavy atom. The summed E-state index contributed by atoms with van der Waals surface area (Å²) >= 11 is 0. The van der Waals surface area contributed by atoms with Gasteiger partial charge in [-0.3, -0.25) is 9.98 Å². The zero-order valence-electron chi connectivity index (χ0n) is 18.5. The van der Waals surface area contributed by atoms with Gasteiger partial charge in [-0.25, -0.2) is 0 Å². The summed E-state index contributed by atoms with van der Waals surface area (Å²) in [5, 5.41) is 23.0. The summed E-state index contributed by atoms with van der Waals surface area (Å²) in [6.45, 7) is 9.50. The first-order chi connectivity index (χ1) is 14.4. The van der Waals surface area contributed by atoms with Crippen molar-refractivity contribution in [2.75, 3.05) is 13.1 Å². The van der Waals surface area contributed by atoms with Crippen LogP contribution in [0, 0.1) is 0 Å². The summed E-state index contributed by atoms with van der Waals surface area (Å²) in [5.74, 6) is 2.29. The number of aliphatic imine (C=N–C) groups is 2. The second-order valence-electron chi connectivity index (χ2n) is 6.88. The van der Waals surface area contributed by atoms with Gasteiger partial charge in [0.15, 0.2) is 0 Å². The van der Waals surface area contributed by atoms with E-state index in [0.29, 0.717) is 0 Å². The zero-order valence-corrected chi connectivity index (χ0v) is 21.4. The molecule has 2 heterocycles. The number of nitrogens with zero attached hydrogens (tertiary/aromatic N) is 6. The van der Waals surface area contributed by atoms with Crippen molar-refractivity contribution in [1.82, 2.24) is 10.0 Å². The van der Waals surface area contributed by atoms with Gasteiger partial charge < -0.3 is 31.1 Å². The first-order valence-electron chi connectivity index (χ1n) is 10.1. The maximum Gasteiger partial charge on any atom is 2.00 e. The van der Waals surface area contributed by atoms with Crippen molar-refractivity contribution in [3.05, 3.63) is 70.5 Å². The van der Waals surface area contributed by atoms with Gasteiger partial charge in [0.05, 0.1) is 11.7 Å². The van der Waals surface area contributed by atoms with E-state index in [4.69, 9.17) is 0 Å².